The van der Waals surface area contributed by atoms with Gasteiger partial charge in [-0.15, -0.1) is 0 Å². The van der Waals surface area contributed by atoms with Gasteiger partial charge in [-0.1, -0.05) is 74.0 Å². The summed E-state index contributed by atoms with van der Waals surface area (Å²) in [6.45, 7) is 4.31. The molecule has 0 heterocycles. The Bertz CT molecular complexity index is 1010. The van der Waals surface area contributed by atoms with Crippen molar-refractivity contribution >= 4 is 28.6 Å². The highest BCUT2D eigenvalue weighted by molar-refractivity contribution is 7.87. The minimum atomic E-state index is -4.34. The van der Waals surface area contributed by atoms with Gasteiger partial charge in [-0.2, -0.15) is 8.42 Å². The van der Waals surface area contributed by atoms with Crippen molar-refractivity contribution in [1.82, 2.24) is 0 Å². The second kappa shape index (κ2) is 8.60. The van der Waals surface area contributed by atoms with E-state index in [1.807, 2.05) is 36.4 Å². The maximum Gasteiger partial charge on any atom is 0.295 e. The van der Waals surface area contributed by atoms with Crippen molar-refractivity contribution in [3.63, 3.8) is 0 Å². The van der Waals surface area contributed by atoms with E-state index in [9.17, 15) is 13.0 Å². The number of methoxy groups -OCH3 is 1. The van der Waals surface area contributed by atoms with E-state index >= 15 is 0 Å². The topological polar surface area (TPSA) is 63.6 Å². The Labute approximate surface area is 168 Å². The average Bonchev–Trinajstić information content (AvgIpc) is 2.68. The molecule has 1 aliphatic rings. The molecule has 0 radical (unpaired) electrons. The third-order valence-electron chi connectivity index (χ3n) is 4.89. The molecule has 0 bridgehead atoms. The molecule has 0 fully saturated rings. The lowest BCUT2D eigenvalue weighted by Crippen LogP contribution is -2.29. The third-order valence-corrected chi connectivity index (χ3v) is 8.89. The zero-order valence-corrected chi connectivity index (χ0v) is 18.0. The molecule has 0 aromatic heterocycles. The predicted octanol–water partition coefficient (Wildman–Crippen LogP) is 4.29. The largest absolute Gasteiger partial charge is 0.496 e. The van der Waals surface area contributed by atoms with E-state index in [0.717, 1.165) is 17.5 Å². The van der Waals surface area contributed by atoms with Gasteiger partial charge in [-0.3, -0.25) is 4.55 Å². The van der Waals surface area contributed by atoms with Gasteiger partial charge >= 0.3 is 0 Å². The molecule has 28 heavy (non-hydrogen) atoms. The second-order valence-electron chi connectivity index (χ2n) is 6.99. The summed E-state index contributed by atoms with van der Waals surface area (Å²) in [5.41, 5.74) is 1.41. The fourth-order valence-electron chi connectivity index (χ4n) is 3.63. The number of hydrogen-bond donors (Lipinski definition) is 1. The molecule has 2 aromatic rings. The number of allylic oxidation sites excluding steroid dienone is 4. The van der Waals surface area contributed by atoms with Crippen LogP contribution in [0.5, 0.6) is 5.75 Å². The summed E-state index contributed by atoms with van der Waals surface area (Å²) in [6, 6.07) is 14.5. The molecule has 148 valence electrons. The molecule has 0 amide bonds. The highest BCUT2D eigenvalue weighted by Gasteiger charge is 2.34. The van der Waals surface area contributed by atoms with Crippen molar-refractivity contribution in [3.05, 3.63) is 72.3 Å². The molecular weight excluding hydrogens is 391 g/mol. The van der Waals surface area contributed by atoms with Gasteiger partial charge in [0.25, 0.3) is 10.1 Å². The Morgan fingerprint density at radius 3 is 2.36 bits per heavy atom. The molecule has 4 nitrogen and oxygen atoms in total. The minimum Gasteiger partial charge on any atom is -0.496 e. The van der Waals surface area contributed by atoms with Crippen LogP contribution in [0.3, 0.4) is 0 Å². The molecule has 1 N–H and O–H groups in total. The monoisotopic (exact) mass is 416 g/mol. The summed E-state index contributed by atoms with van der Waals surface area (Å²) in [4.78, 5) is -0.0234. The molecule has 2 atom stereocenters. The molecule has 0 saturated carbocycles. The van der Waals surface area contributed by atoms with E-state index in [4.69, 9.17) is 4.74 Å². The van der Waals surface area contributed by atoms with Gasteiger partial charge in [-0.05, 0) is 32.4 Å². The van der Waals surface area contributed by atoms with Crippen LogP contribution in [0, 0.1) is 5.92 Å². The van der Waals surface area contributed by atoms with Gasteiger partial charge in [0, 0.05) is 16.3 Å². The van der Waals surface area contributed by atoms with E-state index in [2.05, 4.69) is 32.1 Å². The summed E-state index contributed by atoms with van der Waals surface area (Å²) in [7, 11) is -3.85. The van der Waals surface area contributed by atoms with E-state index in [1.165, 1.54) is 11.6 Å². The maximum absolute atomic E-state index is 12.1. The van der Waals surface area contributed by atoms with E-state index in [0.29, 0.717) is 11.2 Å². The van der Waals surface area contributed by atoms with Crippen molar-refractivity contribution < 1.29 is 17.7 Å². The second-order valence-corrected chi connectivity index (χ2v) is 10.7. The van der Waals surface area contributed by atoms with Crippen LogP contribution < -0.4 is 15.3 Å². The summed E-state index contributed by atoms with van der Waals surface area (Å²) in [5, 5.41) is 1.62. The van der Waals surface area contributed by atoms with Crippen molar-refractivity contribution in [2.45, 2.75) is 30.8 Å². The Morgan fingerprint density at radius 2 is 1.71 bits per heavy atom. The molecule has 0 saturated heterocycles. The van der Waals surface area contributed by atoms with Gasteiger partial charge in [-0.25, -0.2) is 0 Å². The molecule has 3 rings (SSSR count). The fourth-order valence-corrected chi connectivity index (χ4v) is 8.01. The quantitative estimate of drug-likeness (QED) is 0.564. The highest BCUT2D eigenvalue weighted by Crippen LogP contribution is 2.50. The fraction of sp³-hybridized carbons (Fsp3) is 0.273. The van der Waals surface area contributed by atoms with Crippen molar-refractivity contribution in [2.24, 2.45) is 5.92 Å². The first-order valence-corrected chi connectivity index (χ1v) is 12.0. The first-order valence-electron chi connectivity index (χ1n) is 9.20. The van der Waals surface area contributed by atoms with Crippen LogP contribution in [0.4, 0.5) is 0 Å². The molecule has 0 spiro atoms. The molecule has 2 aromatic carbocycles. The number of para-hydroxylation sites is 1. The lowest BCUT2D eigenvalue weighted by Gasteiger charge is -2.34. The summed E-state index contributed by atoms with van der Waals surface area (Å²) in [6.07, 6.45) is 7.14. The third kappa shape index (κ3) is 4.22. The molecule has 0 aliphatic heterocycles. The number of hydrogen-bond acceptors (Lipinski definition) is 3. The van der Waals surface area contributed by atoms with Crippen LogP contribution in [0.2, 0.25) is 0 Å². The van der Waals surface area contributed by atoms with Crippen molar-refractivity contribution in [3.8, 4) is 5.75 Å². The lowest BCUT2D eigenvalue weighted by atomic mass is 9.94. The van der Waals surface area contributed by atoms with Crippen LogP contribution in [0.15, 0.2) is 77.2 Å². The predicted molar refractivity (Wildman–Crippen MR) is 116 cm³/mol. The van der Waals surface area contributed by atoms with Gasteiger partial charge in [0.05, 0.1) is 7.11 Å². The number of ether oxygens (including phenoxy) is 1. The van der Waals surface area contributed by atoms with E-state index in [1.54, 1.807) is 13.2 Å². The highest BCUT2D eigenvalue weighted by atomic mass is 32.2. The van der Waals surface area contributed by atoms with Gasteiger partial charge < -0.3 is 4.74 Å². The maximum atomic E-state index is 12.1. The van der Waals surface area contributed by atoms with Crippen LogP contribution in [-0.4, -0.2) is 25.7 Å². The van der Waals surface area contributed by atoms with Crippen molar-refractivity contribution in [2.75, 3.05) is 7.11 Å². The first-order chi connectivity index (χ1) is 13.3. The van der Waals surface area contributed by atoms with Crippen LogP contribution in [0.25, 0.3) is 0 Å². The zero-order valence-electron chi connectivity index (χ0n) is 16.2. The van der Waals surface area contributed by atoms with Gasteiger partial charge in [0.2, 0.25) is 0 Å². The van der Waals surface area contributed by atoms with E-state index in [-0.39, 0.29) is 10.6 Å². The van der Waals surface area contributed by atoms with E-state index < -0.39 is 18.0 Å². The number of rotatable bonds is 6. The Kier molecular flexibility index (Phi) is 6.39. The Balaban J connectivity index is 2.29. The normalized spacial score (nSPS) is 18.0. The summed E-state index contributed by atoms with van der Waals surface area (Å²) >= 11 is 0. The van der Waals surface area contributed by atoms with Gasteiger partial charge in [0.1, 0.15) is 10.6 Å². The minimum absolute atomic E-state index is 0.0234. The first kappa shape index (κ1) is 20.8. The molecule has 1 aliphatic carbocycles. The van der Waals surface area contributed by atoms with Crippen molar-refractivity contribution in [1.29, 1.82) is 0 Å². The zero-order chi connectivity index (χ0) is 20.3. The SMILES string of the molecule is COc1ccccc1P(c1ccccc1S(=O)(=O)O)C1CC=CC=C1C(C)C. The smallest absolute Gasteiger partial charge is 0.295 e. The standard InChI is InChI=1S/C22H25O4PS/c1-16(2)17-10-4-6-12-19(17)27(20-13-7-5-11-18(20)26-3)21-14-8-9-15-22(21)28(23,24)25/h4-11,13-16,19H,12H2,1-3H3,(H,23,24,25). The Morgan fingerprint density at radius 1 is 1.07 bits per heavy atom. The van der Waals surface area contributed by atoms with Gasteiger partial charge in [0.15, 0.2) is 0 Å². The summed E-state index contributed by atoms with van der Waals surface area (Å²) < 4.78 is 39.8. The van der Waals surface area contributed by atoms with Crippen LogP contribution in [-0.2, 0) is 10.1 Å². The lowest BCUT2D eigenvalue weighted by molar-refractivity contribution is 0.418. The molecule has 2 unspecified atom stereocenters. The average molecular weight is 416 g/mol. The van der Waals surface area contributed by atoms with Crippen LogP contribution >= 0.6 is 7.92 Å². The molecule has 6 heteroatoms. The Hall–Kier alpha value is -1.94. The molecular formula is C22H25O4PS. The van der Waals surface area contributed by atoms with Crippen LogP contribution in [0.1, 0.15) is 20.3 Å². The summed E-state index contributed by atoms with van der Waals surface area (Å²) in [5.74, 6) is 1.06. The number of benzene rings is 2.